The predicted molar refractivity (Wildman–Crippen MR) is 165 cm³/mol. The van der Waals surface area contributed by atoms with E-state index in [0.29, 0.717) is 46.3 Å². The minimum Gasteiger partial charge on any atom is -0.456 e. The van der Waals surface area contributed by atoms with E-state index >= 15 is 0 Å². The lowest BCUT2D eigenvalue weighted by Crippen LogP contribution is -2.34. The van der Waals surface area contributed by atoms with Crippen molar-refractivity contribution in [1.82, 2.24) is 0 Å². The SMILES string of the molecule is [N-]=[N+]=NCCCCCN=c1ccc2c(-c3ccc(S(=O)(=O)O)cc3S(=O)(=O)O)c3cc4c5c(c3oc-2c1)CCCN5CCC4. The van der Waals surface area contributed by atoms with E-state index in [4.69, 9.17) is 9.95 Å². The Bertz CT molecular complexity index is 2080. The maximum atomic E-state index is 12.7. The first-order valence-electron chi connectivity index (χ1n) is 14.5. The minimum absolute atomic E-state index is 0.0889. The summed E-state index contributed by atoms with van der Waals surface area (Å²) in [4.78, 5) is 8.54. The van der Waals surface area contributed by atoms with E-state index in [2.05, 4.69) is 19.9 Å². The van der Waals surface area contributed by atoms with E-state index in [1.165, 1.54) is 6.07 Å². The molecule has 14 heteroatoms. The first-order valence-corrected chi connectivity index (χ1v) is 17.4. The van der Waals surface area contributed by atoms with Crippen molar-refractivity contribution in [3.63, 3.8) is 0 Å². The number of unbranched alkanes of at least 4 members (excludes halogenated alkanes) is 2. The van der Waals surface area contributed by atoms with Crippen molar-refractivity contribution in [3.05, 3.63) is 69.4 Å². The molecule has 0 fully saturated rings. The van der Waals surface area contributed by atoms with Crippen LogP contribution in [0.1, 0.15) is 43.2 Å². The Kier molecular flexibility index (Phi) is 8.12. The van der Waals surface area contributed by atoms with Gasteiger partial charge < -0.3 is 9.32 Å². The lowest BCUT2D eigenvalue weighted by Gasteiger charge is -2.37. The average molecular weight is 638 g/mol. The highest BCUT2D eigenvalue weighted by atomic mass is 32.2. The molecule has 0 saturated carbocycles. The lowest BCUT2D eigenvalue weighted by molar-refractivity contribution is 0.481. The maximum Gasteiger partial charge on any atom is 0.295 e. The molecule has 3 aliphatic heterocycles. The number of rotatable bonds is 9. The van der Waals surface area contributed by atoms with Gasteiger partial charge in [0.15, 0.2) is 0 Å². The van der Waals surface area contributed by atoms with Crippen LogP contribution in [-0.2, 0) is 33.1 Å². The van der Waals surface area contributed by atoms with E-state index in [0.717, 1.165) is 87.0 Å². The number of nitrogens with zero attached hydrogens (tertiary/aromatic N) is 5. The Labute approximate surface area is 254 Å². The number of aryl methyl sites for hydroxylation is 2. The second-order valence-corrected chi connectivity index (χ2v) is 13.9. The molecule has 0 atom stereocenters. The summed E-state index contributed by atoms with van der Waals surface area (Å²) in [6.45, 7) is 2.89. The second-order valence-electron chi connectivity index (χ2n) is 11.1. The molecule has 0 saturated heterocycles. The zero-order chi connectivity index (χ0) is 31.1. The smallest absolute Gasteiger partial charge is 0.295 e. The highest BCUT2D eigenvalue weighted by Crippen LogP contribution is 2.48. The van der Waals surface area contributed by atoms with Gasteiger partial charge in [-0.3, -0.25) is 14.1 Å². The Morgan fingerprint density at radius 1 is 0.886 bits per heavy atom. The Hall–Kier alpha value is -3.94. The van der Waals surface area contributed by atoms with E-state index in [1.807, 2.05) is 6.07 Å². The third-order valence-corrected chi connectivity index (χ3v) is 10.0. The summed E-state index contributed by atoms with van der Waals surface area (Å²) >= 11 is 0. The normalized spacial score (nSPS) is 15.4. The van der Waals surface area contributed by atoms with Gasteiger partial charge in [-0.05, 0) is 80.0 Å². The molecule has 0 spiro atoms. The maximum absolute atomic E-state index is 12.7. The predicted octanol–water partition coefficient (Wildman–Crippen LogP) is 5.78. The summed E-state index contributed by atoms with van der Waals surface area (Å²) < 4.78 is 75.7. The molecule has 0 bridgehead atoms. The Balaban J connectivity index is 1.60. The highest BCUT2D eigenvalue weighted by molar-refractivity contribution is 7.86. The zero-order valence-corrected chi connectivity index (χ0v) is 25.4. The van der Waals surface area contributed by atoms with Gasteiger partial charge in [0.05, 0.1) is 10.3 Å². The molecule has 4 aliphatic rings. The fourth-order valence-corrected chi connectivity index (χ4v) is 7.69. The minimum atomic E-state index is -4.92. The average Bonchev–Trinajstić information content (AvgIpc) is 2.99. The molecule has 12 nitrogen and oxygen atoms in total. The van der Waals surface area contributed by atoms with Crippen molar-refractivity contribution < 1.29 is 30.4 Å². The number of hydrogen-bond acceptors (Lipinski definition) is 8. The molecule has 0 unspecified atom stereocenters. The number of fused-ring (bicyclic) bond motifs is 3. The number of anilines is 1. The van der Waals surface area contributed by atoms with E-state index < -0.39 is 30.0 Å². The lowest BCUT2D eigenvalue weighted by atomic mass is 9.86. The van der Waals surface area contributed by atoms with E-state index in [9.17, 15) is 25.9 Å². The molecule has 2 N–H and O–H groups in total. The molecule has 2 aromatic carbocycles. The van der Waals surface area contributed by atoms with Crippen molar-refractivity contribution in [2.45, 2.75) is 54.7 Å². The van der Waals surface area contributed by atoms with Gasteiger partial charge in [-0.1, -0.05) is 17.6 Å². The second kappa shape index (κ2) is 11.9. The van der Waals surface area contributed by atoms with Gasteiger partial charge in [0.25, 0.3) is 20.2 Å². The van der Waals surface area contributed by atoms with Crippen molar-refractivity contribution in [1.29, 1.82) is 0 Å². The van der Waals surface area contributed by atoms with Crippen LogP contribution in [0.15, 0.2) is 66.8 Å². The van der Waals surface area contributed by atoms with Crippen LogP contribution in [0.5, 0.6) is 0 Å². The Morgan fingerprint density at radius 2 is 1.64 bits per heavy atom. The third kappa shape index (κ3) is 5.78. The van der Waals surface area contributed by atoms with Gasteiger partial charge >= 0.3 is 0 Å². The van der Waals surface area contributed by atoms with Crippen LogP contribution in [0.2, 0.25) is 0 Å². The summed E-state index contributed by atoms with van der Waals surface area (Å²) in [6.07, 6.45) is 5.98. The number of azide groups is 1. The summed E-state index contributed by atoms with van der Waals surface area (Å²) in [6, 6.07) is 10.6. The Morgan fingerprint density at radius 3 is 2.39 bits per heavy atom. The third-order valence-electron chi connectivity index (χ3n) is 8.26. The van der Waals surface area contributed by atoms with Crippen LogP contribution in [-0.4, -0.2) is 52.1 Å². The molecule has 3 heterocycles. The first-order chi connectivity index (χ1) is 21.1. The van der Waals surface area contributed by atoms with Gasteiger partial charge in [0, 0.05) is 70.5 Å². The van der Waals surface area contributed by atoms with Crippen molar-refractivity contribution in [3.8, 4) is 22.5 Å². The summed E-state index contributed by atoms with van der Waals surface area (Å²) in [7, 11) is -9.67. The van der Waals surface area contributed by atoms with Crippen LogP contribution in [0.3, 0.4) is 0 Å². The summed E-state index contributed by atoms with van der Waals surface area (Å²) in [5.41, 5.74) is 13.5. The van der Waals surface area contributed by atoms with Gasteiger partial charge in [-0.15, -0.1) is 0 Å². The molecule has 0 aromatic heterocycles. The van der Waals surface area contributed by atoms with Crippen LogP contribution in [0.4, 0.5) is 5.69 Å². The van der Waals surface area contributed by atoms with Gasteiger partial charge in [0.1, 0.15) is 16.2 Å². The highest BCUT2D eigenvalue weighted by Gasteiger charge is 2.31. The molecule has 0 radical (unpaired) electrons. The van der Waals surface area contributed by atoms with Crippen LogP contribution >= 0.6 is 0 Å². The number of hydrogen-bond donors (Lipinski definition) is 2. The topological polar surface area (TPSA) is 186 Å². The quantitative estimate of drug-likeness (QED) is 0.0577. The van der Waals surface area contributed by atoms with Crippen LogP contribution in [0.25, 0.3) is 43.9 Å². The zero-order valence-electron chi connectivity index (χ0n) is 23.8. The summed E-state index contributed by atoms with van der Waals surface area (Å²) in [5, 5.41) is 4.88. The molecular formula is C30H31N5O7S2. The fraction of sp³-hybridized carbons (Fsp3) is 0.367. The standard InChI is InChI=1S/C30H31N5O7S2/c31-34-33-13-3-1-2-12-32-20-8-10-22-26(17-20)42-30-24-7-5-15-35-14-4-6-19(29(24)35)16-25(30)28(22)23-11-9-21(43(36,37)38)18-27(23)44(39,40)41/h8-11,16-18H,1-7,12-15H2,(H,36,37,38)(H,39,40,41). The summed E-state index contributed by atoms with van der Waals surface area (Å²) in [5.74, 6) is 0.460. The molecule has 1 aliphatic carbocycles. The molecule has 6 rings (SSSR count). The first kappa shape index (κ1) is 30.1. The molecule has 2 aromatic rings. The van der Waals surface area contributed by atoms with Crippen LogP contribution < -0.4 is 10.3 Å². The van der Waals surface area contributed by atoms with Gasteiger partial charge in [-0.2, -0.15) is 16.8 Å². The van der Waals surface area contributed by atoms with E-state index in [1.54, 1.807) is 18.2 Å². The molecule has 44 heavy (non-hydrogen) atoms. The van der Waals surface area contributed by atoms with Gasteiger partial charge in [0.2, 0.25) is 0 Å². The van der Waals surface area contributed by atoms with E-state index in [-0.39, 0.29) is 5.56 Å². The van der Waals surface area contributed by atoms with Gasteiger partial charge in [-0.25, -0.2) is 0 Å². The molecule has 0 amide bonds. The van der Waals surface area contributed by atoms with Crippen molar-refractivity contribution >= 4 is 36.9 Å². The molecule has 230 valence electrons. The van der Waals surface area contributed by atoms with Crippen molar-refractivity contribution in [2.75, 3.05) is 31.1 Å². The monoisotopic (exact) mass is 637 g/mol. The largest absolute Gasteiger partial charge is 0.456 e. The molecular weight excluding hydrogens is 606 g/mol. The van der Waals surface area contributed by atoms with Crippen LogP contribution in [0, 0.1) is 0 Å². The number of benzene rings is 3. The van der Waals surface area contributed by atoms with Crippen molar-refractivity contribution in [2.24, 2.45) is 10.1 Å². The fourth-order valence-electron chi connectivity index (χ4n) is 6.39.